The van der Waals surface area contributed by atoms with Gasteiger partial charge in [0.1, 0.15) is 11.5 Å². The third-order valence-corrected chi connectivity index (χ3v) is 2.74. The Morgan fingerprint density at radius 3 is 1.50 bits per heavy atom. The quantitative estimate of drug-likeness (QED) is 0.608. The van der Waals surface area contributed by atoms with E-state index in [0.29, 0.717) is 11.5 Å². The number of benzene rings is 2. The number of rotatable bonds is 5. The summed E-state index contributed by atoms with van der Waals surface area (Å²) < 4.78 is 16.6. The largest absolute Gasteiger partial charge is 0.430 e. The van der Waals surface area contributed by atoms with Gasteiger partial charge in [-0.05, 0) is 24.3 Å². The lowest BCUT2D eigenvalue weighted by molar-refractivity contribution is -0.231. The Kier molecular flexibility index (Phi) is 4.19. The number of hydrogen-bond acceptors (Lipinski definition) is 3. The van der Waals surface area contributed by atoms with Crippen molar-refractivity contribution in [2.75, 3.05) is 0 Å². The molecule has 1 unspecified atom stereocenters. The van der Waals surface area contributed by atoms with Gasteiger partial charge in [-0.25, -0.2) is 0 Å². The average Bonchev–Trinajstić information content (AvgIpc) is 2.41. The normalized spacial score (nSPS) is 11.0. The van der Waals surface area contributed by atoms with Crippen LogP contribution in [0.25, 0.3) is 0 Å². The maximum atomic E-state index is 5.69. The van der Waals surface area contributed by atoms with Crippen molar-refractivity contribution >= 4 is 9.47 Å². The van der Waals surface area contributed by atoms with Crippen molar-refractivity contribution in [2.24, 2.45) is 0 Å². The van der Waals surface area contributed by atoms with E-state index in [9.17, 15) is 0 Å². The predicted octanol–water partition coefficient (Wildman–Crippen LogP) is 3.62. The fraction of sp³-hybridized carbons (Fsp3) is 0.143. The Morgan fingerprint density at radius 2 is 1.17 bits per heavy atom. The molecule has 2 aromatic carbocycles. The summed E-state index contributed by atoms with van der Waals surface area (Å²) in [4.78, 5) is 0. The summed E-state index contributed by atoms with van der Waals surface area (Å²) in [6.45, 7) is 1.71. The minimum Gasteiger partial charge on any atom is -0.430 e. The van der Waals surface area contributed by atoms with Crippen LogP contribution in [0.2, 0.25) is 0 Å². The van der Waals surface area contributed by atoms with Gasteiger partial charge in [0, 0.05) is 16.4 Å². The Labute approximate surface area is 109 Å². The average molecular weight is 262 g/mol. The molecule has 0 amide bonds. The Bertz CT molecular complexity index is 431. The maximum Gasteiger partial charge on any atom is 0.371 e. The third kappa shape index (κ3) is 3.46. The SMILES string of the molecule is CC(OP)(Oc1ccccc1)Oc1ccccc1. The highest BCUT2D eigenvalue weighted by molar-refractivity contribution is 7.09. The van der Waals surface area contributed by atoms with Crippen molar-refractivity contribution in [2.45, 2.75) is 12.9 Å². The molecule has 4 heteroatoms. The van der Waals surface area contributed by atoms with Gasteiger partial charge >= 0.3 is 5.97 Å². The lowest BCUT2D eigenvalue weighted by Crippen LogP contribution is -2.39. The van der Waals surface area contributed by atoms with E-state index in [1.165, 1.54) is 0 Å². The third-order valence-electron chi connectivity index (χ3n) is 2.31. The molecule has 3 nitrogen and oxygen atoms in total. The lowest BCUT2D eigenvalue weighted by Gasteiger charge is -2.28. The van der Waals surface area contributed by atoms with Crippen LogP contribution < -0.4 is 9.47 Å². The van der Waals surface area contributed by atoms with Gasteiger partial charge in [0.15, 0.2) is 0 Å². The van der Waals surface area contributed by atoms with E-state index in [4.69, 9.17) is 14.0 Å². The molecule has 0 fully saturated rings. The Balaban J connectivity index is 2.11. The van der Waals surface area contributed by atoms with E-state index in [1.54, 1.807) is 6.92 Å². The van der Waals surface area contributed by atoms with Gasteiger partial charge in [0.25, 0.3) is 0 Å². The molecule has 0 N–H and O–H groups in total. The molecule has 0 heterocycles. The zero-order chi connectivity index (χ0) is 12.8. The van der Waals surface area contributed by atoms with Crippen LogP contribution in [-0.4, -0.2) is 5.97 Å². The molecule has 0 aliphatic carbocycles. The first-order valence-corrected chi connectivity index (χ1v) is 6.05. The second kappa shape index (κ2) is 5.85. The van der Waals surface area contributed by atoms with Crippen LogP contribution in [0.15, 0.2) is 60.7 Å². The number of ether oxygens (including phenoxy) is 2. The fourth-order valence-electron chi connectivity index (χ4n) is 1.47. The van der Waals surface area contributed by atoms with Gasteiger partial charge in [-0.1, -0.05) is 36.4 Å². The first-order chi connectivity index (χ1) is 8.72. The van der Waals surface area contributed by atoms with E-state index in [0.717, 1.165) is 0 Å². The second-order valence-electron chi connectivity index (χ2n) is 3.81. The highest BCUT2D eigenvalue weighted by Gasteiger charge is 2.28. The fourth-order valence-corrected chi connectivity index (χ4v) is 1.57. The Hall–Kier alpha value is -1.57. The number of para-hydroxylation sites is 2. The molecule has 2 rings (SSSR count). The second-order valence-corrected chi connectivity index (χ2v) is 4.05. The first-order valence-electron chi connectivity index (χ1n) is 5.58. The van der Waals surface area contributed by atoms with Crippen molar-refractivity contribution in [1.29, 1.82) is 0 Å². The Morgan fingerprint density at radius 1 is 0.778 bits per heavy atom. The first kappa shape index (κ1) is 12.9. The molecular formula is C14H15O3P. The molecule has 0 aliphatic rings. The molecule has 0 aromatic heterocycles. The molecule has 18 heavy (non-hydrogen) atoms. The molecular weight excluding hydrogens is 247 g/mol. The highest BCUT2D eigenvalue weighted by atomic mass is 31.0. The van der Waals surface area contributed by atoms with Crippen LogP contribution >= 0.6 is 9.47 Å². The van der Waals surface area contributed by atoms with Gasteiger partial charge in [-0.15, -0.1) is 0 Å². The standard InChI is InChI=1S/C14H15O3P/c1-14(17-18,15-12-8-4-2-5-9-12)16-13-10-6-3-7-11-13/h2-11H,18H2,1H3. The van der Waals surface area contributed by atoms with Crippen LogP contribution in [0.4, 0.5) is 0 Å². The van der Waals surface area contributed by atoms with E-state index >= 15 is 0 Å². The summed E-state index contributed by atoms with van der Waals surface area (Å²) in [5, 5.41) is 0. The van der Waals surface area contributed by atoms with Gasteiger partial charge in [0.05, 0.1) is 0 Å². The van der Waals surface area contributed by atoms with Gasteiger partial charge in [0.2, 0.25) is 0 Å². The molecule has 0 saturated heterocycles. The van der Waals surface area contributed by atoms with Gasteiger partial charge < -0.3 is 9.47 Å². The maximum absolute atomic E-state index is 5.69. The van der Waals surface area contributed by atoms with Crippen LogP contribution in [0.5, 0.6) is 11.5 Å². The molecule has 0 spiro atoms. The summed E-state index contributed by atoms with van der Waals surface area (Å²) in [6.07, 6.45) is 0. The summed E-state index contributed by atoms with van der Waals surface area (Å²) in [7, 11) is 2.17. The van der Waals surface area contributed by atoms with Crippen molar-refractivity contribution in [3.8, 4) is 11.5 Å². The zero-order valence-corrected chi connectivity index (χ0v) is 11.2. The monoisotopic (exact) mass is 262 g/mol. The molecule has 94 valence electrons. The predicted molar refractivity (Wildman–Crippen MR) is 73.3 cm³/mol. The number of hydrogen-bond donors (Lipinski definition) is 0. The van der Waals surface area contributed by atoms with E-state index < -0.39 is 5.97 Å². The van der Waals surface area contributed by atoms with E-state index in [1.807, 2.05) is 60.7 Å². The summed E-state index contributed by atoms with van der Waals surface area (Å²) in [6, 6.07) is 18.8. The molecule has 0 aliphatic heterocycles. The van der Waals surface area contributed by atoms with Gasteiger partial charge in [-0.2, -0.15) is 0 Å². The van der Waals surface area contributed by atoms with Crippen molar-refractivity contribution in [3.05, 3.63) is 60.7 Å². The smallest absolute Gasteiger partial charge is 0.371 e. The minimum absolute atomic E-state index is 0.679. The van der Waals surface area contributed by atoms with Crippen LogP contribution in [0.1, 0.15) is 6.92 Å². The van der Waals surface area contributed by atoms with Crippen LogP contribution in [-0.2, 0) is 4.52 Å². The van der Waals surface area contributed by atoms with Crippen molar-refractivity contribution in [3.63, 3.8) is 0 Å². The molecule has 2 aromatic rings. The van der Waals surface area contributed by atoms with Crippen molar-refractivity contribution in [1.82, 2.24) is 0 Å². The van der Waals surface area contributed by atoms with Gasteiger partial charge in [-0.3, -0.25) is 4.52 Å². The van der Waals surface area contributed by atoms with E-state index in [2.05, 4.69) is 9.47 Å². The van der Waals surface area contributed by atoms with E-state index in [-0.39, 0.29) is 0 Å². The highest BCUT2D eigenvalue weighted by Crippen LogP contribution is 2.25. The van der Waals surface area contributed by atoms with Crippen LogP contribution in [0, 0.1) is 0 Å². The molecule has 1 atom stereocenters. The van der Waals surface area contributed by atoms with Crippen molar-refractivity contribution < 1.29 is 14.0 Å². The van der Waals surface area contributed by atoms with Crippen LogP contribution in [0.3, 0.4) is 0 Å². The summed E-state index contributed by atoms with van der Waals surface area (Å²) in [5.74, 6) is 0.171. The zero-order valence-electron chi connectivity index (χ0n) is 10.1. The summed E-state index contributed by atoms with van der Waals surface area (Å²) >= 11 is 0. The minimum atomic E-state index is -1.19. The molecule has 0 radical (unpaired) electrons. The summed E-state index contributed by atoms with van der Waals surface area (Å²) in [5.41, 5.74) is 0. The topological polar surface area (TPSA) is 27.7 Å². The molecule has 0 bridgehead atoms. The lowest BCUT2D eigenvalue weighted by atomic mass is 10.3. The molecule has 0 saturated carbocycles.